The number of allylic oxidation sites excluding steroid dienone is 1. The lowest BCUT2D eigenvalue weighted by atomic mass is 9.87. The number of fused-ring (bicyclic) bond motifs is 1. The number of aromatic hydroxyl groups is 1. The Morgan fingerprint density at radius 1 is 0.966 bits per heavy atom. The number of rotatable bonds is 3. The first-order valence-electron chi connectivity index (χ1n) is 9.66. The molecule has 0 bridgehead atoms. The van der Waals surface area contributed by atoms with E-state index in [2.05, 4.69) is 12.1 Å². The topological polar surface area (TPSA) is 63.3 Å². The van der Waals surface area contributed by atoms with Gasteiger partial charge >= 0.3 is 0 Å². The number of phenolic OH excluding ortho intramolecular Hbond substituents is 1. The molecular formula is C25H22ClNO2. The number of halogens is 1. The monoisotopic (exact) mass is 403 g/mol. The van der Waals surface area contributed by atoms with E-state index in [0.717, 1.165) is 57.7 Å². The summed E-state index contributed by atoms with van der Waals surface area (Å²) in [6.45, 7) is 2.03. The normalized spacial score (nSPS) is 13.7. The van der Waals surface area contributed by atoms with Crippen LogP contribution in [0.15, 0.2) is 60.7 Å². The molecule has 1 amide bonds. The van der Waals surface area contributed by atoms with Gasteiger partial charge in [-0.3, -0.25) is 4.79 Å². The average molecular weight is 404 g/mol. The molecule has 3 nitrogen and oxygen atoms in total. The van der Waals surface area contributed by atoms with Crippen molar-refractivity contribution >= 4 is 28.7 Å². The second-order valence-electron chi connectivity index (χ2n) is 7.47. The largest absolute Gasteiger partial charge is 0.508 e. The number of primary amides is 1. The summed E-state index contributed by atoms with van der Waals surface area (Å²) in [5.74, 6) is -0.198. The van der Waals surface area contributed by atoms with E-state index in [0.29, 0.717) is 5.56 Å². The Morgan fingerprint density at radius 2 is 1.69 bits per heavy atom. The number of amides is 1. The van der Waals surface area contributed by atoms with Crippen LogP contribution in [0, 0.1) is 6.92 Å². The smallest absolute Gasteiger partial charge is 0.248 e. The van der Waals surface area contributed by atoms with Crippen molar-refractivity contribution < 1.29 is 9.90 Å². The van der Waals surface area contributed by atoms with Crippen LogP contribution in [0.5, 0.6) is 5.75 Å². The SMILES string of the molecule is Cc1ccc(C2=C(c3ccc(O)cc3)c3ccc(C(N)=O)cc3CCC2)c(Cl)c1. The zero-order valence-electron chi connectivity index (χ0n) is 16.2. The highest BCUT2D eigenvalue weighted by atomic mass is 35.5. The van der Waals surface area contributed by atoms with Crippen LogP contribution < -0.4 is 5.73 Å². The Balaban J connectivity index is 2.02. The molecule has 0 unspecified atom stereocenters. The van der Waals surface area contributed by atoms with Gasteiger partial charge in [0.05, 0.1) is 0 Å². The summed E-state index contributed by atoms with van der Waals surface area (Å²) in [6.07, 6.45) is 2.65. The fraction of sp³-hybridized carbons (Fsp3) is 0.160. The third-order valence-electron chi connectivity index (χ3n) is 5.44. The molecule has 0 radical (unpaired) electrons. The van der Waals surface area contributed by atoms with Crippen LogP contribution in [-0.2, 0) is 6.42 Å². The molecule has 3 aromatic rings. The Labute approximate surface area is 175 Å². The number of carbonyl (C=O) groups is 1. The van der Waals surface area contributed by atoms with Crippen LogP contribution in [0.3, 0.4) is 0 Å². The second-order valence-corrected chi connectivity index (χ2v) is 7.88. The number of aryl methyl sites for hydroxylation is 2. The number of carbonyl (C=O) groups excluding carboxylic acids is 1. The van der Waals surface area contributed by atoms with Crippen molar-refractivity contribution in [3.8, 4) is 5.75 Å². The van der Waals surface area contributed by atoms with Gasteiger partial charge < -0.3 is 10.8 Å². The van der Waals surface area contributed by atoms with Crippen molar-refractivity contribution in [1.29, 1.82) is 0 Å². The van der Waals surface area contributed by atoms with Gasteiger partial charge in [-0.25, -0.2) is 0 Å². The van der Waals surface area contributed by atoms with Crippen molar-refractivity contribution in [3.63, 3.8) is 0 Å². The van der Waals surface area contributed by atoms with E-state index < -0.39 is 5.91 Å². The van der Waals surface area contributed by atoms with Crippen LogP contribution in [0.4, 0.5) is 0 Å². The summed E-state index contributed by atoms with van der Waals surface area (Å²) < 4.78 is 0. The van der Waals surface area contributed by atoms with E-state index in [1.807, 2.05) is 37.3 Å². The minimum atomic E-state index is -0.422. The molecule has 0 aromatic heterocycles. The van der Waals surface area contributed by atoms with Crippen molar-refractivity contribution in [2.45, 2.75) is 26.2 Å². The van der Waals surface area contributed by atoms with Gasteiger partial charge in [0.25, 0.3) is 0 Å². The fourth-order valence-corrected chi connectivity index (χ4v) is 4.38. The van der Waals surface area contributed by atoms with Crippen molar-refractivity contribution in [2.24, 2.45) is 5.73 Å². The van der Waals surface area contributed by atoms with E-state index in [9.17, 15) is 9.90 Å². The molecule has 0 atom stereocenters. The van der Waals surface area contributed by atoms with Gasteiger partial charge in [0.2, 0.25) is 5.91 Å². The first kappa shape index (κ1) is 19.3. The third-order valence-corrected chi connectivity index (χ3v) is 5.75. The van der Waals surface area contributed by atoms with Crippen LogP contribution in [-0.4, -0.2) is 11.0 Å². The highest BCUT2D eigenvalue weighted by molar-refractivity contribution is 6.32. The van der Waals surface area contributed by atoms with Gasteiger partial charge in [-0.05, 0) is 95.5 Å². The maximum absolute atomic E-state index is 11.7. The first-order chi connectivity index (χ1) is 13.9. The summed E-state index contributed by atoms with van der Waals surface area (Å²) >= 11 is 6.65. The highest BCUT2D eigenvalue weighted by Crippen LogP contribution is 2.42. The van der Waals surface area contributed by atoms with Crippen molar-refractivity contribution in [1.82, 2.24) is 0 Å². The maximum Gasteiger partial charge on any atom is 0.248 e. The van der Waals surface area contributed by atoms with Crippen LogP contribution in [0.1, 0.15) is 51.0 Å². The molecule has 1 aliphatic carbocycles. The van der Waals surface area contributed by atoms with Gasteiger partial charge in [-0.15, -0.1) is 0 Å². The molecule has 0 spiro atoms. The molecule has 0 aliphatic heterocycles. The minimum Gasteiger partial charge on any atom is -0.508 e. The molecular weight excluding hydrogens is 382 g/mol. The van der Waals surface area contributed by atoms with E-state index in [-0.39, 0.29) is 5.75 Å². The number of benzene rings is 3. The van der Waals surface area contributed by atoms with Crippen LogP contribution in [0.2, 0.25) is 5.02 Å². The molecule has 0 saturated heterocycles. The molecule has 0 fully saturated rings. The summed E-state index contributed by atoms with van der Waals surface area (Å²) in [6, 6.07) is 19.0. The second kappa shape index (κ2) is 7.76. The molecule has 3 aromatic carbocycles. The van der Waals surface area contributed by atoms with Gasteiger partial charge in [0.15, 0.2) is 0 Å². The van der Waals surface area contributed by atoms with Crippen LogP contribution >= 0.6 is 11.6 Å². The van der Waals surface area contributed by atoms with E-state index in [1.54, 1.807) is 18.2 Å². The fourth-order valence-electron chi connectivity index (χ4n) is 4.03. The summed E-state index contributed by atoms with van der Waals surface area (Å²) in [5, 5.41) is 10.5. The molecule has 1 aliphatic rings. The number of phenols is 1. The number of hydrogen-bond donors (Lipinski definition) is 2. The van der Waals surface area contributed by atoms with Crippen LogP contribution in [0.25, 0.3) is 11.1 Å². The van der Waals surface area contributed by atoms with Gasteiger partial charge in [0.1, 0.15) is 5.75 Å². The first-order valence-corrected chi connectivity index (χ1v) is 10.0. The van der Waals surface area contributed by atoms with E-state index in [4.69, 9.17) is 17.3 Å². The van der Waals surface area contributed by atoms with Gasteiger partial charge in [0, 0.05) is 10.6 Å². The zero-order chi connectivity index (χ0) is 20.5. The molecule has 0 saturated carbocycles. The summed E-state index contributed by atoms with van der Waals surface area (Å²) in [7, 11) is 0. The number of hydrogen-bond acceptors (Lipinski definition) is 2. The standard InChI is InChI=1S/C25H22ClNO2/c1-15-5-11-21(23(26)13-15)22-4-2-3-17-14-18(25(27)29)8-12-20(17)24(22)16-6-9-19(28)10-7-16/h5-14,28H,2-4H2,1H3,(H2,27,29). The quantitative estimate of drug-likeness (QED) is 0.584. The molecule has 4 heteroatoms. The Bertz CT molecular complexity index is 1130. The Morgan fingerprint density at radius 3 is 2.38 bits per heavy atom. The minimum absolute atomic E-state index is 0.224. The van der Waals surface area contributed by atoms with E-state index in [1.165, 1.54) is 5.57 Å². The molecule has 0 heterocycles. The predicted octanol–water partition coefficient (Wildman–Crippen LogP) is 5.75. The molecule has 4 rings (SSSR count). The predicted molar refractivity (Wildman–Crippen MR) is 118 cm³/mol. The third kappa shape index (κ3) is 3.79. The number of nitrogens with two attached hydrogens (primary N) is 1. The summed E-state index contributed by atoms with van der Waals surface area (Å²) in [4.78, 5) is 11.7. The highest BCUT2D eigenvalue weighted by Gasteiger charge is 2.22. The van der Waals surface area contributed by atoms with Crippen molar-refractivity contribution in [2.75, 3.05) is 0 Å². The molecule has 146 valence electrons. The lowest BCUT2D eigenvalue weighted by Crippen LogP contribution is -2.11. The Kier molecular flexibility index (Phi) is 5.16. The molecule has 29 heavy (non-hydrogen) atoms. The maximum atomic E-state index is 11.7. The molecule has 3 N–H and O–H groups in total. The van der Waals surface area contributed by atoms with E-state index >= 15 is 0 Å². The van der Waals surface area contributed by atoms with Gasteiger partial charge in [-0.2, -0.15) is 0 Å². The average Bonchev–Trinajstić information content (AvgIpc) is 2.87. The lowest BCUT2D eigenvalue weighted by Gasteiger charge is -2.18. The summed E-state index contributed by atoms with van der Waals surface area (Å²) in [5.41, 5.74) is 13.6. The Hall–Kier alpha value is -3.04. The lowest BCUT2D eigenvalue weighted by molar-refractivity contribution is 0.1000. The van der Waals surface area contributed by atoms with Crippen molar-refractivity contribution in [3.05, 3.63) is 99.1 Å². The zero-order valence-corrected chi connectivity index (χ0v) is 17.0. The van der Waals surface area contributed by atoms with Gasteiger partial charge in [-0.1, -0.05) is 41.9 Å².